The minimum Gasteiger partial charge on any atom is -0.453 e. The molecule has 1 rings (SSSR count). The molecule has 0 bridgehead atoms. The topological polar surface area (TPSA) is 46.5 Å². The summed E-state index contributed by atoms with van der Waals surface area (Å²) in [4.78, 5) is 10.4. The van der Waals surface area contributed by atoms with Gasteiger partial charge in [0.1, 0.15) is 5.60 Å². The lowest BCUT2D eigenvalue weighted by Crippen LogP contribution is -2.21. The van der Waals surface area contributed by atoms with Gasteiger partial charge in [-0.3, -0.25) is 4.79 Å². The minimum absolute atomic E-state index is 0.0810. The first-order valence-electron chi connectivity index (χ1n) is 4.48. The summed E-state index contributed by atoms with van der Waals surface area (Å²) in [6.45, 7) is 1.42. The van der Waals surface area contributed by atoms with Crippen LogP contribution in [-0.4, -0.2) is 23.3 Å². The van der Waals surface area contributed by atoms with Gasteiger partial charge in [-0.25, -0.2) is 0 Å². The van der Waals surface area contributed by atoms with Crippen molar-refractivity contribution in [2.45, 2.75) is 38.2 Å². The standard InChI is InChI=1S/C10H14O3/c1-9(11)13-8-4-7-10(12)5-2-3-6-10/h12H,2-3,5-6,8H2,1H3. The first-order chi connectivity index (χ1) is 6.12. The van der Waals surface area contributed by atoms with Crippen LogP contribution < -0.4 is 0 Å². The Hall–Kier alpha value is -1.01. The second-order valence-electron chi connectivity index (χ2n) is 3.32. The van der Waals surface area contributed by atoms with Gasteiger partial charge in [0.25, 0.3) is 0 Å². The maximum atomic E-state index is 10.4. The molecule has 0 aromatic carbocycles. The highest BCUT2D eigenvalue weighted by Crippen LogP contribution is 2.28. The van der Waals surface area contributed by atoms with E-state index >= 15 is 0 Å². The number of ether oxygens (including phenoxy) is 1. The van der Waals surface area contributed by atoms with E-state index in [1.54, 1.807) is 0 Å². The number of hydrogen-bond acceptors (Lipinski definition) is 3. The van der Waals surface area contributed by atoms with Crippen molar-refractivity contribution >= 4 is 5.97 Å². The van der Waals surface area contributed by atoms with Gasteiger partial charge in [0.05, 0.1) is 0 Å². The zero-order chi connectivity index (χ0) is 9.73. The molecule has 0 aromatic rings. The average Bonchev–Trinajstić information content (AvgIpc) is 2.47. The number of carbonyl (C=O) groups is 1. The van der Waals surface area contributed by atoms with Gasteiger partial charge in [-0.1, -0.05) is 11.8 Å². The molecule has 0 spiro atoms. The Morgan fingerprint density at radius 3 is 2.69 bits per heavy atom. The van der Waals surface area contributed by atoms with Gasteiger partial charge in [-0.15, -0.1) is 0 Å². The van der Waals surface area contributed by atoms with Crippen LogP contribution in [0.15, 0.2) is 0 Å². The van der Waals surface area contributed by atoms with Crippen LogP contribution in [0, 0.1) is 11.8 Å². The molecule has 1 N–H and O–H groups in total. The third-order valence-corrected chi connectivity index (χ3v) is 2.10. The van der Waals surface area contributed by atoms with Crippen LogP contribution in [0.3, 0.4) is 0 Å². The Balaban J connectivity index is 2.33. The summed E-state index contributed by atoms with van der Waals surface area (Å²) in [7, 11) is 0. The van der Waals surface area contributed by atoms with Crippen LogP contribution in [0.1, 0.15) is 32.6 Å². The van der Waals surface area contributed by atoms with Crippen molar-refractivity contribution in [3.8, 4) is 11.8 Å². The number of carbonyl (C=O) groups excluding carboxylic acids is 1. The molecule has 0 saturated heterocycles. The SMILES string of the molecule is CC(=O)OCC#CC1(O)CCCC1. The predicted octanol–water partition coefficient (Wildman–Crippen LogP) is 0.858. The first-order valence-corrected chi connectivity index (χ1v) is 4.48. The Kier molecular flexibility index (Phi) is 3.32. The lowest BCUT2D eigenvalue weighted by atomic mass is 10.0. The Bertz CT molecular complexity index is 241. The van der Waals surface area contributed by atoms with Gasteiger partial charge in [-0.05, 0) is 25.7 Å². The molecule has 0 amide bonds. The summed E-state index contributed by atoms with van der Waals surface area (Å²) < 4.78 is 4.62. The van der Waals surface area contributed by atoms with E-state index in [2.05, 4.69) is 16.6 Å². The van der Waals surface area contributed by atoms with Crippen molar-refractivity contribution in [3.63, 3.8) is 0 Å². The molecule has 0 radical (unpaired) electrons. The molecule has 0 aromatic heterocycles. The Morgan fingerprint density at radius 2 is 2.15 bits per heavy atom. The molecule has 1 aliphatic rings. The minimum atomic E-state index is -0.819. The fraction of sp³-hybridized carbons (Fsp3) is 0.700. The molecule has 1 fully saturated rings. The summed E-state index contributed by atoms with van der Waals surface area (Å²) in [6, 6.07) is 0. The van der Waals surface area contributed by atoms with Crippen molar-refractivity contribution in [2.24, 2.45) is 0 Å². The molecule has 1 saturated carbocycles. The second-order valence-corrected chi connectivity index (χ2v) is 3.32. The Morgan fingerprint density at radius 1 is 1.54 bits per heavy atom. The maximum Gasteiger partial charge on any atom is 0.303 e. The molecule has 0 atom stereocenters. The fourth-order valence-electron chi connectivity index (χ4n) is 1.42. The van der Waals surface area contributed by atoms with E-state index < -0.39 is 5.60 Å². The highest BCUT2D eigenvalue weighted by Gasteiger charge is 2.28. The molecule has 0 unspecified atom stereocenters. The van der Waals surface area contributed by atoms with E-state index in [1.807, 2.05) is 0 Å². The largest absolute Gasteiger partial charge is 0.453 e. The lowest BCUT2D eigenvalue weighted by molar-refractivity contribution is -0.139. The zero-order valence-corrected chi connectivity index (χ0v) is 7.80. The van der Waals surface area contributed by atoms with E-state index in [9.17, 15) is 9.90 Å². The third kappa shape index (κ3) is 3.47. The molecule has 0 aliphatic heterocycles. The van der Waals surface area contributed by atoms with Crippen molar-refractivity contribution in [3.05, 3.63) is 0 Å². The molecule has 3 nitrogen and oxygen atoms in total. The van der Waals surface area contributed by atoms with E-state index in [1.165, 1.54) is 6.92 Å². The van der Waals surface area contributed by atoms with E-state index in [-0.39, 0.29) is 12.6 Å². The van der Waals surface area contributed by atoms with Crippen molar-refractivity contribution in [2.75, 3.05) is 6.61 Å². The second kappa shape index (κ2) is 4.29. The van der Waals surface area contributed by atoms with Gasteiger partial charge in [0.15, 0.2) is 6.61 Å². The fourth-order valence-corrected chi connectivity index (χ4v) is 1.42. The average molecular weight is 182 g/mol. The van der Waals surface area contributed by atoms with E-state index in [0.717, 1.165) is 25.7 Å². The quantitative estimate of drug-likeness (QED) is 0.483. The molecule has 13 heavy (non-hydrogen) atoms. The van der Waals surface area contributed by atoms with Crippen molar-refractivity contribution < 1.29 is 14.6 Å². The normalized spacial score (nSPS) is 18.9. The van der Waals surface area contributed by atoms with Crippen LogP contribution in [-0.2, 0) is 9.53 Å². The van der Waals surface area contributed by atoms with Crippen LogP contribution in [0.25, 0.3) is 0 Å². The van der Waals surface area contributed by atoms with Crippen LogP contribution in [0.5, 0.6) is 0 Å². The lowest BCUT2D eigenvalue weighted by Gasteiger charge is -2.12. The summed E-state index contributed by atoms with van der Waals surface area (Å²) >= 11 is 0. The van der Waals surface area contributed by atoms with Crippen LogP contribution in [0.2, 0.25) is 0 Å². The number of esters is 1. The zero-order valence-electron chi connectivity index (χ0n) is 7.80. The third-order valence-electron chi connectivity index (χ3n) is 2.10. The Labute approximate surface area is 78.1 Å². The molecule has 0 heterocycles. The van der Waals surface area contributed by atoms with Crippen molar-refractivity contribution in [1.82, 2.24) is 0 Å². The van der Waals surface area contributed by atoms with Crippen molar-refractivity contribution in [1.29, 1.82) is 0 Å². The summed E-state index contributed by atoms with van der Waals surface area (Å²) in [6.07, 6.45) is 3.53. The molecule has 1 aliphatic carbocycles. The van der Waals surface area contributed by atoms with Gasteiger partial charge >= 0.3 is 5.97 Å². The van der Waals surface area contributed by atoms with Crippen LogP contribution >= 0.6 is 0 Å². The molecule has 72 valence electrons. The van der Waals surface area contributed by atoms with Gasteiger partial charge < -0.3 is 9.84 Å². The predicted molar refractivity (Wildman–Crippen MR) is 47.8 cm³/mol. The van der Waals surface area contributed by atoms with Gasteiger partial charge in [0, 0.05) is 6.92 Å². The summed E-state index contributed by atoms with van der Waals surface area (Å²) in [5.74, 6) is 5.06. The summed E-state index contributed by atoms with van der Waals surface area (Å²) in [5, 5.41) is 9.74. The molecular weight excluding hydrogens is 168 g/mol. The molecule has 3 heteroatoms. The first kappa shape index (κ1) is 10.1. The van der Waals surface area contributed by atoms with Crippen LogP contribution in [0.4, 0.5) is 0 Å². The molecular formula is C10H14O3. The highest BCUT2D eigenvalue weighted by atomic mass is 16.5. The van der Waals surface area contributed by atoms with Gasteiger partial charge in [-0.2, -0.15) is 0 Å². The van der Waals surface area contributed by atoms with Gasteiger partial charge in [0.2, 0.25) is 0 Å². The maximum absolute atomic E-state index is 10.4. The highest BCUT2D eigenvalue weighted by molar-refractivity contribution is 5.66. The van der Waals surface area contributed by atoms with E-state index in [0.29, 0.717) is 0 Å². The summed E-state index contributed by atoms with van der Waals surface area (Å²) in [5.41, 5.74) is -0.819. The van der Waals surface area contributed by atoms with E-state index in [4.69, 9.17) is 0 Å². The number of aliphatic hydroxyl groups is 1. The monoisotopic (exact) mass is 182 g/mol. The number of rotatable bonds is 1. The smallest absolute Gasteiger partial charge is 0.303 e. The number of hydrogen-bond donors (Lipinski definition) is 1.